The first-order valence-corrected chi connectivity index (χ1v) is 6.17. The summed E-state index contributed by atoms with van der Waals surface area (Å²) in [7, 11) is 1.69. The monoisotopic (exact) mass is 266 g/mol. The maximum Gasteiger partial charge on any atom is 0.198 e. The first-order chi connectivity index (χ1) is 8.02. The van der Waals surface area contributed by atoms with Crippen molar-refractivity contribution in [2.24, 2.45) is 4.99 Å². The number of amidine groups is 1. The van der Waals surface area contributed by atoms with Gasteiger partial charge in [-0.15, -0.1) is 0 Å². The minimum atomic E-state index is -2.07. The summed E-state index contributed by atoms with van der Waals surface area (Å²) in [4.78, 5) is 4.15. The number of rotatable bonds is 2. The molecule has 2 aliphatic rings. The molecule has 0 aromatic rings. The van der Waals surface area contributed by atoms with Crippen LogP contribution in [0, 0.1) is 0 Å². The van der Waals surface area contributed by atoms with E-state index in [0.29, 0.717) is 5.17 Å². The van der Waals surface area contributed by atoms with Gasteiger partial charge in [-0.1, -0.05) is 11.8 Å². The Morgan fingerprint density at radius 1 is 1.53 bits per heavy atom. The predicted molar refractivity (Wildman–Crippen MR) is 60.3 cm³/mol. The maximum absolute atomic E-state index is 12.5. The molecule has 98 valence electrons. The van der Waals surface area contributed by atoms with Crippen LogP contribution in [-0.4, -0.2) is 63.7 Å². The fourth-order valence-corrected chi connectivity index (χ4v) is 3.02. The molecule has 4 N–H and O–H groups in total. The Morgan fingerprint density at radius 2 is 2.24 bits per heavy atom. The number of aliphatic hydroxyl groups is 3. The van der Waals surface area contributed by atoms with E-state index in [9.17, 15) is 14.6 Å². The summed E-state index contributed by atoms with van der Waals surface area (Å²) in [6, 6.07) is -0.564. The lowest BCUT2D eigenvalue weighted by atomic mass is 9.96. The summed E-state index contributed by atoms with van der Waals surface area (Å²) in [6.07, 6.45) is -5.73. The molecule has 1 fully saturated rings. The summed E-state index contributed by atoms with van der Waals surface area (Å²) in [6.45, 7) is 0. The molecule has 0 aromatic heterocycles. The van der Waals surface area contributed by atoms with Crippen molar-refractivity contribution >= 4 is 16.9 Å². The van der Waals surface area contributed by atoms with Crippen molar-refractivity contribution in [2.45, 2.75) is 42.6 Å². The van der Waals surface area contributed by atoms with E-state index in [1.807, 2.05) is 0 Å². The van der Waals surface area contributed by atoms with Crippen molar-refractivity contribution in [3.8, 4) is 0 Å². The normalized spacial score (nSPS) is 42.9. The van der Waals surface area contributed by atoms with Crippen LogP contribution in [0.5, 0.6) is 0 Å². The lowest BCUT2D eigenvalue weighted by molar-refractivity contribution is -0.169. The Balaban J connectivity index is 2.07. The van der Waals surface area contributed by atoms with Crippen LogP contribution in [0.1, 0.15) is 6.42 Å². The molecule has 8 heteroatoms. The molecule has 0 aliphatic carbocycles. The molecule has 6 nitrogen and oxygen atoms in total. The fourth-order valence-electron chi connectivity index (χ4n) is 1.94. The van der Waals surface area contributed by atoms with Crippen LogP contribution < -0.4 is 5.32 Å². The van der Waals surface area contributed by atoms with Crippen molar-refractivity contribution in [1.82, 2.24) is 5.32 Å². The van der Waals surface area contributed by atoms with E-state index in [-0.39, 0.29) is 6.42 Å². The number of hydrogen-bond donors (Lipinski definition) is 4. The quantitative estimate of drug-likeness (QED) is 0.502. The van der Waals surface area contributed by atoms with Gasteiger partial charge in [0.15, 0.2) is 11.5 Å². The molecule has 0 aromatic carbocycles. The standard InChI is InChI=1S/C9H15FN2O4S/c1-11-9-12-5-7(15)6(14)3(2-4(10)13)16-8(5)17-9/h3-8,13-15H,2H2,1H3,(H,11,12)/t3-,4-,5+,6+,7+,8+/m0/s1. The van der Waals surface area contributed by atoms with Gasteiger partial charge in [-0.3, -0.25) is 4.99 Å². The van der Waals surface area contributed by atoms with Crippen LogP contribution in [0.4, 0.5) is 4.39 Å². The largest absolute Gasteiger partial charge is 0.388 e. The molecule has 2 aliphatic heterocycles. The van der Waals surface area contributed by atoms with Gasteiger partial charge >= 0.3 is 0 Å². The maximum atomic E-state index is 12.5. The van der Waals surface area contributed by atoms with Crippen molar-refractivity contribution in [3.05, 3.63) is 0 Å². The topological polar surface area (TPSA) is 94.3 Å². The molecule has 0 radical (unpaired) electrons. The molecule has 0 saturated carbocycles. The smallest absolute Gasteiger partial charge is 0.198 e. The molecule has 0 unspecified atom stereocenters. The highest BCUT2D eigenvalue weighted by Gasteiger charge is 2.48. The number of aliphatic hydroxyl groups excluding tert-OH is 3. The van der Waals surface area contributed by atoms with Gasteiger partial charge in [0.05, 0.1) is 6.10 Å². The summed E-state index contributed by atoms with van der Waals surface area (Å²) >= 11 is 1.27. The second-order valence-corrected chi connectivity index (χ2v) is 5.07. The summed E-state index contributed by atoms with van der Waals surface area (Å²) in [5, 5.41) is 31.7. The van der Waals surface area contributed by atoms with Gasteiger partial charge in [0, 0.05) is 13.5 Å². The minimum absolute atomic E-state index is 0.364. The van der Waals surface area contributed by atoms with Gasteiger partial charge in [-0.25, -0.2) is 4.39 Å². The zero-order valence-electron chi connectivity index (χ0n) is 9.15. The van der Waals surface area contributed by atoms with Crippen LogP contribution in [0.3, 0.4) is 0 Å². The molecular weight excluding hydrogens is 251 g/mol. The van der Waals surface area contributed by atoms with Crippen LogP contribution in [0.2, 0.25) is 0 Å². The zero-order valence-corrected chi connectivity index (χ0v) is 9.97. The van der Waals surface area contributed by atoms with Gasteiger partial charge in [0.1, 0.15) is 23.7 Å². The van der Waals surface area contributed by atoms with Gasteiger partial charge in [0.2, 0.25) is 0 Å². The number of nitrogens with one attached hydrogen (secondary N) is 1. The molecule has 0 amide bonds. The van der Waals surface area contributed by atoms with E-state index in [1.165, 1.54) is 11.8 Å². The number of hydrogen-bond acceptors (Lipinski definition) is 7. The second kappa shape index (κ2) is 5.07. The number of ether oxygens (including phenoxy) is 1. The highest BCUT2D eigenvalue weighted by Crippen LogP contribution is 2.36. The van der Waals surface area contributed by atoms with Crippen LogP contribution in [0.25, 0.3) is 0 Å². The Labute approximate surface area is 102 Å². The van der Waals surface area contributed by atoms with E-state index in [1.54, 1.807) is 7.05 Å². The minimum Gasteiger partial charge on any atom is -0.388 e. The molecule has 17 heavy (non-hydrogen) atoms. The summed E-state index contributed by atoms with van der Waals surface area (Å²) in [5.74, 6) is 0. The van der Waals surface area contributed by atoms with Gasteiger partial charge < -0.3 is 25.4 Å². The van der Waals surface area contributed by atoms with Crippen molar-refractivity contribution < 1.29 is 24.4 Å². The SMILES string of the molecule is CNC1=N[C@@H]2[C@@H](O)[C@H](O)[C@H](C[C@H](O)F)O[C@@H]2S1. The lowest BCUT2D eigenvalue weighted by Gasteiger charge is -2.38. The number of aliphatic imine (C=N–C) groups is 1. The third-order valence-electron chi connectivity index (χ3n) is 2.80. The Morgan fingerprint density at radius 3 is 2.82 bits per heavy atom. The molecular formula is C9H15FN2O4S. The molecule has 2 rings (SSSR count). The van der Waals surface area contributed by atoms with E-state index in [2.05, 4.69) is 10.3 Å². The Hall–Kier alpha value is -0.410. The molecule has 2 heterocycles. The molecule has 6 atom stereocenters. The van der Waals surface area contributed by atoms with E-state index in [4.69, 9.17) is 9.84 Å². The first kappa shape index (κ1) is 13.0. The molecule has 1 saturated heterocycles. The number of halogens is 1. The third-order valence-corrected chi connectivity index (χ3v) is 3.96. The van der Waals surface area contributed by atoms with E-state index in [0.717, 1.165) is 0 Å². The van der Waals surface area contributed by atoms with Crippen molar-refractivity contribution in [1.29, 1.82) is 0 Å². The van der Waals surface area contributed by atoms with Gasteiger partial charge in [-0.2, -0.15) is 0 Å². The van der Waals surface area contributed by atoms with Crippen LogP contribution in [-0.2, 0) is 4.74 Å². The van der Waals surface area contributed by atoms with E-state index >= 15 is 0 Å². The van der Waals surface area contributed by atoms with Gasteiger partial charge in [-0.05, 0) is 0 Å². The summed E-state index contributed by atoms with van der Waals surface area (Å²) < 4.78 is 17.9. The number of alkyl halides is 1. The average Bonchev–Trinajstić information content (AvgIpc) is 2.68. The Kier molecular flexibility index (Phi) is 3.88. The fraction of sp³-hybridized carbons (Fsp3) is 0.889. The lowest BCUT2D eigenvalue weighted by Crippen LogP contribution is -2.55. The first-order valence-electron chi connectivity index (χ1n) is 5.29. The molecule has 0 bridgehead atoms. The zero-order chi connectivity index (χ0) is 12.6. The third kappa shape index (κ3) is 2.55. The van der Waals surface area contributed by atoms with Crippen LogP contribution >= 0.6 is 11.8 Å². The average molecular weight is 266 g/mol. The number of nitrogens with zero attached hydrogens (tertiary/aromatic N) is 1. The summed E-state index contributed by atoms with van der Waals surface area (Å²) in [5.41, 5.74) is -0.459. The molecule has 0 spiro atoms. The van der Waals surface area contributed by atoms with Crippen LogP contribution in [0.15, 0.2) is 4.99 Å². The number of thioether (sulfide) groups is 1. The predicted octanol–water partition coefficient (Wildman–Crippen LogP) is -1.20. The van der Waals surface area contributed by atoms with Gasteiger partial charge in [0.25, 0.3) is 0 Å². The van der Waals surface area contributed by atoms with E-state index < -0.39 is 36.1 Å². The van der Waals surface area contributed by atoms with Crippen molar-refractivity contribution in [2.75, 3.05) is 7.05 Å². The Bertz CT molecular complexity index is 317. The number of fused-ring (bicyclic) bond motifs is 1. The highest BCUT2D eigenvalue weighted by atomic mass is 32.2. The highest BCUT2D eigenvalue weighted by molar-refractivity contribution is 8.14. The van der Waals surface area contributed by atoms with Crippen molar-refractivity contribution in [3.63, 3.8) is 0 Å². The second-order valence-electron chi connectivity index (χ2n) is 3.99.